The third-order valence-corrected chi connectivity index (χ3v) is 3.39. The molecule has 2 rings (SSSR count). The van der Waals surface area contributed by atoms with E-state index in [9.17, 15) is 14.4 Å². The lowest BCUT2D eigenvalue weighted by Gasteiger charge is -2.34. The third kappa shape index (κ3) is 2.31. The molecule has 2 N–H and O–H groups in total. The second-order valence-corrected chi connectivity index (χ2v) is 4.52. The smallest absolute Gasteiger partial charge is 0.307 e. The zero-order valence-electron chi connectivity index (χ0n) is 10.1. The van der Waals surface area contributed by atoms with Crippen LogP contribution in [0.4, 0.5) is 0 Å². The first kappa shape index (κ1) is 12.8. The van der Waals surface area contributed by atoms with Crippen LogP contribution >= 0.6 is 0 Å². The quantitative estimate of drug-likeness (QED) is 0.653. The number of hydrogen-bond donors (Lipinski definition) is 2. The minimum Gasteiger partial charge on any atom is -0.481 e. The van der Waals surface area contributed by atoms with Crippen molar-refractivity contribution in [2.75, 3.05) is 26.8 Å². The lowest BCUT2D eigenvalue weighted by Crippen LogP contribution is -2.56. The van der Waals surface area contributed by atoms with Gasteiger partial charge in [-0.2, -0.15) is 0 Å². The van der Waals surface area contributed by atoms with Crippen molar-refractivity contribution < 1.29 is 24.2 Å². The summed E-state index contributed by atoms with van der Waals surface area (Å²) in [6.45, 7) is 0.874. The van der Waals surface area contributed by atoms with Crippen molar-refractivity contribution in [2.24, 2.45) is 11.8 Å². The van der Waals surface area contributed by atoms with E-state index >= 15 is 0 Å². The number of aliphatic carboxylic acids is 1. The van der Waals surface area contributed by atoms with Crippen LogP contribution in [0.15, 0.2) is 0 Å². The van der Waals surface area contributed by atoms with Crippen LogP contribution < -0.4 is 5.32 Å². The molecule has 2 aliphatic rings. The normalized spacial score (nSPS) is 30.7. The number of carboxylic acids is 1. The van der Waals surface area contributed by atoms with Crippen LogP contribution in [0.1, 0.15) is 6.42 Å². The van der Waals surface area contributed by atoms with E-state index in [1.807, 2.05) is 0 Å². The van der Waals surface area contributed by atoms with Crippen LogP contribution in [0, 0.1) is 11.8 Å². The number of nitrogens with one attached hydrogen (secondary N) is 1. The van der Waals surface area contributed by atoms with Crippen LogP contribution in [-0.2, 0) is 19.1 Å². The van der Waals surface area contributed by atoms with Gasteiger partial charge < -0.3 is 20.1 Å². The Kier molecular flexibility index (Phi) is 3.51. The fourth-order valence-electron chi connectivity index (χ4n) is 2.21. The number of carboxylic acid groups (broad SMARTS) is 1. The van der Waals surface area contributed by atoms with Gasteiger partial charge in [0.25, 0.3) is 0 Å². The largest absolute Gasteiger partial charge is 0.481 e. The molecule has 0 spiro atoms. The van der Waals surface area contributed by atoms with Crippen LogP contribution in [0.25, 0.3) is 0 Å². The number of nitrogens with zero attached hydrogens (tertiary/aromatic N) is 1. The second kappa shape index (κ2) is 4.93. The van der Waals surface area contributed by atoms with E-state index in [4.69, 9.17) is 9.84 Å². The monoisotopic (exact) mass is 256 g/mol. The van der Waals surface area contributed by atoms with Crippen molar-refractivity contribution in [2.45, 2.75) is 12.5 Å². The number of amides is 2. The first-order valence-corrected chi connectivity index (χ1v) is 5.89. The van der Waals surface area contributed by atoms with Crippen molar-refractivity contribution in [3.8, 4) is 0 Å². The van der Waals surface area contributed by atoms with E-state index in [0.717, 1.165) is 0 Å². The van der Waals surface area contributed by atoms with Crippen molar-refractivity contribution in [1.29, 1.82) is 0 Å². The number of rotatable bonds is 3. The maximum absolute atomic E-state index is 12.1. The highest BCUT2D eigenvalue weighted by Gasteiger charge is 2.51. The van der Waals surface area contributed by atoms with Gasteiger partial charge in [-0.25, -0.2) is 0 Å². The fourth-order valence-corrected chi connectivity index (χ4v) is 2.21. The van der Waals surface area contributed by atoms with Crippen molar-refractivity contribution >= 4 is 17.8 Å². The minimum absolute atomic E-state index is 0.163. The number of hydrogen-bond acceptors (Lipinski definition) is 4. The SMILES string of the molecule is CNC(=O)C1COCCN1C(=O)[C@@H]1C[C@@H]1C(=O)O. The third-order valence-electron chi connectivity index (χ3n) is 3.39. The van der Waals surface area contributed by atoms with Crippen molar-refractivity contribution in [3.63, 3.8) is 0 Å². The highest BCUT2D eigenvalue weighted by Crippen LogP contribution is 2.40. The van der Waals surface area contributed by atoms with E-state index in [0.29, 0.717) is 19.6 Å². The summed E-state index contributed by atoms with van der Waals surface area (Å²) in [6, 6.07) is -0.647. The molecule has 7 heteroatoms. The molecule has 0 aromatic heterocycles. The number of morpholine rings is 1. The van der Waals surface area contributed by atoms with Gasteiger partial charge >= 0.3 is 5.97 Å². The summed E-state index contributed by atoms with van der Waals surface area (Å²) in [5, 5.41) is 11.3. The van der Waals surface area contributed by atoms with Crippen LogP contribution in [0.2, 0.25) is 0 Å². The minimum atomic E-state index is -0.946. The zero-order valence-corrected chi connectivity index (χ0v) is 10.1. The first-order valence-electron chi connectivity index (χ1n) is 5.89. The Hall–Kier alpha value is -1.63. The molecule has 3 atom stereocenters. The molecule has 18 heavy (non-hydrogen) atoms. The number of carbonyl (C=O) groups is 3. The summed E-state index contributed by atoms with van der Waals surface area (Å²) in [4.78, 5) is 36.0. The van der Waals surface area contributed by atoms with E-state index in [1.54, 1.807) is 0 Å². The topological polar surface area (TPSA) is 95.9 Å². The summed E-state index contributed by atoms with van der Waals surface area (Å²) >= 11 is 0. The molecular weight excluding hydrogens is 240 g/mol. The average Bonchev–Trinajstić information content (AvgIpc) is 3.17. The predicted octanol–water partition coefficient (Wildman–Crippen LogP) is -1.32. The molecule has 1 aliphatic heterocycles. The molecule has 100 valence electrons. The molecule has 1 heterocycles. The number of ether oxygens (including phenoxy) is 1. The predicted molar refractivity (Wildman–Crippen MR) is 59.6 cm³/mol. The van der Waals surface area contributed by atoms with Gasteiger partial charge in [-0.1, -0.05) is 0 Å². The van der Waals surface area contributed by atoms with Gasteiger partial charge in [-0.3, -0.25) is 14.4 Å². The fraction of sp³-hybridized carbons (Fsp3) is 0.727. The Balaban J connectivity index is 2.03. The van der Waals surface area contributed by atoms with Gasteiger partial charge in [0.15, 0.2) is 0 Å². The summed E-state index contributed by atoms with van der Waals surface area (Å²) in [5.41, 5.74) is 0. The van der Waals surface area contributed by atoms with Crippen LogP contribution in [0.5, 0.6) is 0 Å². The van der Waals surface area contributed by atoms with Crippen molar-refractivity contribution in [1.82, 2.24) is 10.2 Å². The van der Waals surface area contributed by atoms with E-state index in [-0.39, 0.29) is 18.4 Å². The average molecular weight is 256 g/mol. The molecule has 0 bridgehead atoms. The molecule has 0 radical (unpaired) electrons. The van der Waals surface area contributed by atoms with E-state index in [2.05, 4.69) is 5.32 Å². The molecule has 2 fully saturated rings. The Morgan fingerprint density at radius 2 is 2.06 bits per heavy atom. The Morgan fingerprint density at radius 1 is 1.33 bits per heavy atom. The number of likely N-dealkylation sites (N-methyl/N-ethyl adjacent to an activating group) is 1. The molecule has 7 nitrogen and oxygen atoms in total. The molecule has 1 unspecified atom stereocenters. The summed E-state index contributed by atoms with van der Waals surface area (Å²) in [6.07, 6.45) is 0.367. The summed E-state index contributed by atoms with van der Waals surface area (Å²) in [7, 11) is 1.50. The molecule has 1 saturated heterocycles. The maximum Gasteiger partial charge on any atom is 0.307 e. The molecule has 1 aliphatic carbocycles. The van der Waals surface area contributed by atoms with Gasteiger partial charge in [0.05, 0.1) is 25.0 Å². The summed E-state index contributed by atoms with van der Waals surface area (Å²) in [5.74, 6) is -2.55. The highest BCUT2D eigenvalue weighted by molar-refractivity contribution is 5.93. The first-order chi connectivity index (χ1) is 8.56. The summed E-state index contributed by atoms with van der Waals surface area (Å²) < 4.78 is 5.19. The van der Waals surface area contributed by atoms with Crippen LogP contribution in [-0.4, -0.2) is 60.6 Å². The second-order valence-electron chi connectivity index (χ2n) is 4.52. The van der Waals surface area contributed by atoms with Gasteiger partial charge in [-0.15, -0.1) is 0 Å². The molecule has 0 aromatic carbocycles. The van der Waals surface area contributed by atoms with Crippen molar-refractivity contribution in [3.05, 3.63) is 0 Å². The Morgan fingerprint density at radius 3 is 2.61 bits per heavy atom. The molecular formula is C11H16N2O5. The van der Waals surface area contributed by atoms with Gasteiger partial charge in [0.2, 0.25) is 11.8 Å². The lowest BCUT2D eigenvalue weighted by molar-refractivity contribution is -0.150. The Bertz CT molecular complexity index is 384. The standard InChI is InChI=1S/C11H16N2O5/c1-12-9(14)8-5-18-3-2-13(8)10(15)6-4-7(6)11(16)17/h6-8H,2-5H2,1H3,(H,12,14)(H,16,17)/t6-,7+,8?/m1/s1. The maximum atomic E-state index is 12.1. The van der Waals surface area contributed by atoms with Gasteiger partial charge in [0.1, 0.15) is 6.04 Å². The van der Waals surface area contributed by atoms with Crippen LogP contribution in [0.3, 0.4) is 0 Å². The van der Waals surface area contributed by atoms with E-state index in [1.165, 1.54) is 11.9 Å². The van der Waals surface area contributed by atoms with Gasteiger partial charge in [-0.05, 0) is 6.42 Å². The van der Waals surface area contributed by atoms with E-state index < -0.39 is 23.8 Å². The lowest BCUT2D eigenvalue weighted by atomic mass is 10.1. The number of carbonyl (C=O) groups excluding carboxylic acids is 2. The van der Waals surface area contributed by atoms with Gasteiger partial charge in [0, 0.05) is 13.6 Å². The molecule has 0 aromatic rings. The molecule has 1 saturated carbocycles. The Labute approximate surface area is 104 Å². The zero-order chi connectivity index (χ0) is 13.3. The highest BCUT2D eigenvalue weighted by atomic mass is 16.5. The molecule has 2 amide bonds.